The third-order valence-corrected chi connectivity index (χ3v) is 5.42. The van der Waals surface area contributed by atoms with E-state index in [1.165, 1.54) is 28.8 Å². The summed E-state index contributed by atoms with van der Waals surface area (Å²) in [4.78, 5) is 37.5. The Labute approximate surface area is 176 Å². The van der Waals surface area contributed by atoms with Crippen molar-refractivity contribution in [3.63, 3.8) is 0 Å². The molecule has 0 radical (unpaired) electrons. The molecule has 0 spiro atoms. The van der Waals surface area contributed by atoms with Crippen molar-refractivity contribution in [1.29, 1.82) is 0 Å². The first-order valence-electron chi connectivity index (χ1n) is 8.52. The van der Waals surface area contributed by atoms with Crippen LogP contribution in [0.5, 0.6) is 5.75 Å². The Morgan fingerprint density at radius 2 is 1.90 bits per heavy atom. The number of hydrogen-bond donors (Lipinski definition) is 3. The van der Waals surface area contributed by atoms with E-state index >= 15 is 0 Å². The number of benzene rings is 2. The molecule has 148 valence electrons. The molecule has 0 aromatic heterocycles. The zero-order valence-corrected chi connectivity index (χ0v) is 16.6. The minimum absolute atomic E-state index is 0.00744. The molecule has 2 aromatic carbocycles. The SMILES string of the molecule is O=C(CCN1C(=O)/C(=C/c2ccccc2)SC1=S)Nc1ccc(C(=O)O)c(O)c1. The summed E-state index contributed by atoms with van der Waals surface area (Å²) in [6.07, 6.45) is 1.75. The van der Waals surface area contributed by atoms with Gasteiger partial charge in [0.15, 0.2) is 0 Å². The summed E-state index contributed by atoms with van der Waals surface area (Å²) in [6, 6.07) is 13.1. The van der Waals surface area contributed by atoms with Crippen LogP contribution in [0.1, 0.15) is 22.3 Å². The molecule has 9 heteroatoms. The number of nitrogens with zero attached hydrogens (tertiary/aromatic N) is 1. The third-order valence-electron chi connectivity index (χ3n) is 4.05. The highest BCUT2D eigenvalue weighted by atomic mass is 32.2. The summed E-state index contributed by atoms with van der Waals surface area (Å²) in [7, 11) is 0. The van der Waals surface area contributed by atoms with Crippen LogP contribution in [0.2, 0.25) is 0 Å². The topological polar surface area (TPSA) is 107 Å². The smallest absolute Gasteiger partial charge is 0.339 e. The predicted octanol–water partition coefficient (Wildman–Crippen LogP) is 3.32. The molecule has 1 aliphatic rings. The number of thioether (sulfide) groups is 1. The Balaban J connectivity index is 1.59. The molecule has 0 bridgehead atoms. The number of carbonyl (C=O) groups is 3. The number of phenols is 1. The van der Waals surface area contributed by atoms with Crippen LogP contribution >= 0.6 is 24.0 Å². The highest BCUT2D eigenvalue weighted by molar-refractivity contribution is 8.26. The second-order valence-corrected chi connectivity index (χ2v) is 7.76. The van der Waals surface area contributed by atoms with Gasteiger partial charge in [0, 0.05) is 24.7 Å². The Morgan fingerprint density at radius 1 is 1.17 bits per heavy atom. The van der Waals surface area contributed by atoms with Gasteiger partial charge in [0.1, 0.15) is 15.6 Å². The standard InChI is InChI=1S/C20H16N2O5S2/c23-15-11-13(6-7-14(15)19(26)27)21-17(24)8-9-22-18(25)16(29-20(22)28)10-12-4-2-1-3-5-12/h1-7,10-11,23H,8-9H2,(H,21,24)(H,26,27)/b16-10-. The molecule has 7 nitrogen and oxygen atoms in total. The maximum Gasteiger partial charge on any atom is 0.339 e. The van der Waals surface area contributed by atoms with Crippen molar-refractivity contribution >= 4 is 57.8 Å². The largest absolute Gasteiger partial charge is 0.507 e. The Bertz CT molecular complexity index is 1020. The molecular formula is C20H16N2O5S2. The molecule has 0 unspecified atom stereocenters. The first kappa shape index (κ1) is 20.6. The van der Waals surface area contributed by atoms with Gasteiger partial charge in [-0.25, -0.2) is 4.79 Å². The second-order valence-electron chi connectivity index (χ2n) is 6.08. The number of aromatic hydroxyl groups is 1. The lowest BCUT2D eigenvalue weighted by molar-refractivity contribution is -0.122. The number of anilines is 1. The molecule has 0 saturated carbocycles. The second kappa shape index (κ2) is 8.89. The number of carboxylic acids is 1. The number of nitrogens with one attached hydrogen (secondary N) is 1. The lowest BCUT2D eigenvalue weighted by Crippen LogP contribution is -2.31. The average molecular weight is 428 g/mol. The molecule has 0 atom stereocenters. The fourth-order valence-electron chi connectivity index (χ4n) is 2.62. The fourth-order valence-corrected chi connectivity index (χ4v) is 3.93. The van der Waals surface area contributed by atoms with Gasteiger partial charge in [-0.05, 0) is 23.8 Å². The van der Waals surface area contributed by atoms with Gasteiger partial charge in [-0.1, -0.05) is 54.3 Å². The summed E-state index contributed by atoms with van der Waals surface area (Å²) in [5.41, 5.74) is 0.882. The number of rotatable bonds is 6. The molecule has 29 heavy (non-hydrogen) atoms. The number of carboxylic acid groups (broad SMARTS) is 1. The van der Waals surface area contributed by atoms with Gasteiger partial charge in [0.05, 0.1) is 4.91 Å². The molecule has 1 heterocycles. The van der Waals surface area contributed by atoms with Crippen molar-refractivity contribution in [3.05, 3.63) is 64.6 Å². The van der Waals surface area contributed by atoms with E-state index in [-0.39, 0.29) is 30.1 Å². The highest BCUT2D eigenvalue weighted by Crippen LogP contribution is 2.32. The van der Waals surface area contributed by atoms with Gasteiger partial charge >= 0.3 is 5.97 Å². The van der Waals surface area contributed by atoms with Crippen LogP contribution in [0.3, 0.4) is 0 Å². The minimum Gasteiger partial charge on any atom is -0.507 e. The third kappa shape index (κ3) is 5.01. The quantitative estimate of drug-likeness (QED) is 0.479. The molecule has 1 fully saturated rings. The van der Waals surface area contributed by atoms with Crippen LogP contribution in [-0.2, 0) is 9.59 Å². The minimum atomic E-state index is -1.27. The van der Waals surface area contributed by atoms with Crippen LogP contribution < -0.4 is 5.32 Å². The summed E-state index contributed by atoms with van der Waals surface area (Å²) >= 11 is 6.44. The van der Waals surface area contributed by atoms with Crippen molar-refractivity contribution in [2.75, 3.05) is 11.9 Å². The van der Waals surface area contributed by atoms with Gasteiger partial charge in [-0.3, -0.25) is 14.5 Å². The van der Waals surface area contributed by atoms with E-state index in [4.69, 9.17) is 17.3 Å². The van der Waals surface area contributed by atoms with Crippen molar-refractivity contribution in [3.8, 4) is 5.75 Å². The fraction of sp³-hybridized carbons (Fsp3) is 0.100. The number of hydrogen-bond acceptors (Lipinski definition) is 6. The number of amides is 2. The van der Waals surface area contributed by atoms with Crippen LogP contribution in [-0.4, -0.2) is 43.8 Å². The lowest BCUT2D eigenvalue weighted by atomic mass is 10.2. The number of aromatic carboxylic acids is 1. The van der Waals surface area contributed by atoms with E-state index in [0.29, 0.717) is 9.23 Å². The molecule has 1 saturated heterocycles. The molecule has 2 amide bonds. The van der Waals surface area contributed by atoms with Crippen molar-refractivity contribution < 1.29 is 24.6 Å². The lowest BCUT2D eigenvalue weighted by Gasteiger charge is -2.14. The van der Waals surface area contributed by atoms with E-state index in [9.17, 15) is 19.5 Å². The van der Waals surface area contributed by atoms with Crippen molar-refractivity contribution in [2.45, 2.75) is 6.42 Å². The van der Waals surface area contributed by atoms with Gasteiger partial charge in [-0.15, -0.1) is 0 Å². The monoisotopic (exact) mass is 428 g/mol. The molecule has 0 aliphatic carbocycles. The van der Waals surface area contributed by atoms with E-state index < -0.39 is 17.6 Å². The molecule has 3 N–H and O–H groups in total. The van der Waals surface area contributed by atoms with Gasteiger partial charge < -0.3 is 15.5 Å². The molecular weight excluding hydrogens is 412 g/mol. The van der Waals surface area contributed by atoms with Gasteiger partial charge in [-0.2, -0.15) is 0 Å². The Hall–Kier alpha value is -3.17. The molecule has 2 aromatic rings. The van der Waals surface area contributed by atoms with Crippen LogP contribution in [0, 0.1) is 0 Å². The first-order chi connectivity index (χ1) is 13.8. The van der Waals surface area contributed by atoms with E-state index in [2.05, 4.69) is 5.32 Å². The van der Waals surface area contributed by atoms with Crippen molar-refractivity contribution in [2.24, 2.45) is 0 Å². The van der Waals surface area contributed by atoms with E-state index in [1.807, 2.05) is 30.3 Å². The van der Waals surface area contributed by atoms with Gasteiger partial charge in [0.25, 0.3) is 5.91 Å². The van der Waals surface area contributed by atoms with E-state index in [0.717, 1.165) is 11.6 Å². The Kier molecular flexibility index (Phi) is 6.30. The van der Waals surface area contributed by atoms with Gasteiger partial charge in [0.2, 0.25) is 5.91 Å². The zero-order chi connectivity index (χ0) is 21.0. The summed E-state index contributed by atoms with van der Waals surface area (Å²) in [6.45, 7) is 0.113. The number of carbonyl (C=O) groups excluding carboxylic acids is 2. The molecule has 1 aliphatic heterocycles. The maximum atomic E-state index is 12.6. The van der Waals surface area contributed by atoms with E-state index in [1.54, 1.807) is 6.08 Å². The Morgan fingerprint density at radius 3 is 2.55 bits per heavy atom. The summed E-state index contributed by atoms with van der Waals surface area (Å²) in [5, 5.41) is 21.1. The van der Waals surface area contributed by atoms with Crippen LogP contribution in [0.15, 0.2) is 53.4 Å². The normalized spacial score (nSPS) is 15.0. The first-order valence-corrected chi connectivity index (χ1v) is 9.74. The summed E-state index contributed by atoms with van der Waals surface area (Å²) < 4.78 is 0.383. The average Bonchev–Trinajstić information content (AvgIpc) is 2.93. The molecule has 3 rings (SSSR count). The highest BCUT2D eigenvalue weighted by Gasteiger charge is 2.32. The van der Waals surface area contributed by atoms with Crippen LogP contribution in [0.4, 0.5) is 5.69 Å². The maximum absolute atomic E-state index is 12.6. The zero-order valence-electron chi connectivity index (χ0n) is 15.0. The number of thiocarbonyl (C=S) groups is 1. The summed E-state index contributed by atoms with van der Waals surface area (Å²) in [5.74, 6) is -2.36. The van der Waals surface area contributed by atoms with Crippen molar-refractivity contribution in [1.82, 2.24) is 4.90 Å². The predicted molar refractivity (Wildman–Crippen MR) is 115 cm³/mol. The van der Waals surface area contributed by atoms with Crippen LogP contribution in [0.25, 0.3) is 6.08 Å².